The lowest BCUT2D eigenvalue weighted by Gasteiger charge is -2.18. The Morgan fingerprint density at radius 3 is 2.31 bits per heavy atom. The van der Waals surface area contributed by atoms with Crippen LogP contribution in [0, 0.1) is 6.92 Å². The number of rotatable bonds is 12. The molecule has 0 N–H and O–H groups in total. The summed E-state index contributed by atoms with van der Waals surface area (Å²) >= 11 is 0. The van der Waals surface area contributed by atoms with Gasteiger partial charge in [0.2, 0.25) is 5.88 Å². The van der Waals surface area contributed by atoms with Gasteiger partial charge in [0, 0.05) is 18.2 Å². The molecule has 0 spiro atoms. The van der Waals surface area contributed by atoms with Crippen LogP contribution in [0.4, 0.5) is 0 Å². The number of nitrogens with zero attached hydrogens (tertiary/aromatic N) is 2. The van der Waals surface area contributed by atoms with E-state index in [1.54, 1.807) is 20.8 Å². The molecule has 0 saturated heterocycles. The van der Waals surface area contributed by atoms with Gasteiger partial charge in [-0.05, 0) is 47.0 Å². The first-order chi connectivity index (χ1) is 12.2. The third-order valence-corrected chi connectivity index (χ3v) is 7.06. The highest BCUT2D eigenvalue weighted by molar-refractivity contribution is 7.92. The van der Waals surface area contributed by atoms with E-state index < -0.39 is 14.6 Å². The maximum absolute atomic E-state index is 12.1. The molecule has 5 nitrogen and oxygen atoms in total. The molecule has 1 aromatic heterocycles. The summed E-state index contributed by atoms with van der Waals surface area (Å²) in [4.78, 5) is 8.97. The summed E-state index contributed by atoms with van der Waals surface area (Å²) in [5.74, 6) is 1.80. The Labute approximate surface area is 159 Å². The van der Waals surface area contributed by atoms with Crippen molar-refractivity contribution < 1.29 is 13.2 Å². The zero-order valence-electron chi connectivity index (χ0n) is 17.2. The largest absolute Gasteiger partial charge is 0.478 e. The maximum Gasteiger partial charge on any atom is 0.216 e. The van der Waals surface area contributed by atoms with Crippen molar-refractivity contribution in [2.75, 3.05) is 12.4 Å². The molecule has 0 saturated carbocycles. The smallest absolute Gasteiger partial charge is 0.216 e. The summed E-state index contributed by atoms with van der Waals surface area (Å²) in [6.45, 7) is 10.1. The van der Waals surface area contributed by atoms with Gasteiger partial charge >= 0.3 is 0 Å². The van der Waals surface area contributed by atoms with Crippen LogP contribution >= 0.6 is 0 Å². The van der Waals surface area contributed by atoms with Crippen LogP contribution in [0.15, 0.2) is 6.07 Å². The molecule has 0 aromatic carbocycles. The Bertz CT molecular complexity index is 637. The topological polar surface area (TPSA) is 69.2 Å². The fourth-order valence-electron chi connectivity index (χ4n) is 2.52. The normalized spacial score (nSPS) is 12.3. The van der Waals surface area contributed by atoms with Gasteiger partial charge in [-0.1, -0.05) is 32.6 Å². The minimum Gasteiger partial charge on any atom is -0.478 e. The van der Waals surface area contributed by atoms with Crippen LogP contribution < -0.4 is 4.74 Å². The number of unbranched alkanes of at least 4 members (excludes halogenated alkanes) is 5. The Balaban J connectivity index is 2.27. The number of aryl methyl sites for hydroxylation is 2. The van der Waals surface area contributed by atoms with Gasteiger partial charge in [-0.15, -0.1) is 0 Å². The summed E-state index contributed by atoms with van der Waals surface area (Å²) in [7, 11) is -2.99. The van der Waals surface area contributed by atoms with E-state index in [2.05, 4.69) is 16.9 Å². The molecule has 26 heavy (non-hydrogen) atoms. The highest BCUT2D eigenvalue weighted by Gasteiger charge is 2.27. The van der Waals surface area contributed by atoms with Crippen LogP contribution in [0.1, 0.15) is 84.2 Å². The second-order valence-electron chi connectivity index (χ2n) is 7.91. The summed E-state index contributed by atoms with van der Waals surface area (Å²) in [6.07, 6.45) is 7.81. The molecule has 1 rings (SSSR count). The van der Waals surface area contributed by atoms with Crippen molar-refractivity contribution in [3.05, 3.63) is 17.6 Å². The molecule has 0 bridgehead atoms. The fraction of sp³-hybridized carbons (Fsp3) is 0.800. The Morgan fingerprint density at radius 2 is 1.65 bits per heavy atom. The van der Waals surface area contributed by atoms with Gasteiger partial charge in [0.15, 0.2) is 9.84 Å². The number of hydrogen-bond acceptors (Lipinski definition) is 5. The molecule has 0 aliphatic carbocycles. The monoisotopic (exact) mass is 384 g/mol. The summed E-state index contributed by atoms with van der Waals surface area (Å²) < 4.78 is 29.1. The Kier molecular flexibility index (Phi) is 9.55. The van der Waals surface area contributed by atoms with Crippen LogP contribution in [0.2, 0.25) is 0 Å². The molecular formula is C20H36N2O3S. The van der Waals surface area contributed by atoms with Gasteiger partial charge in [0.05, 0.1) is 17.1 Å². The molecule has 0 amide bonds. The molecule has 0 aliphatic heterocycles. The minimum absolute atomic E-state index is 0.288. The lowest BCUT2D eigenvalue weighted by atomic mass is 10.1. The second kappa shape index (κ2) is 10.9. The van der Waals surface area contributed by atoms with Crippen molar-refractivity contribution in [3.8, 4) is 5.88 Å². The number of aromatic nitrogens is 2. The first-order valence-electron chi connectivity index (χ1n) is 9.85. The van der Waals surface area contributed by atoms with E-state index in [9.17, 15) is 8.42 Å². The molecule has 1 heterocycles. The van der Waals surface area contributed by atoms with Crippen molar-refractivity contribution in [1.82, 2.24) is 9.97 Å². The Hall–Kier alpha value is -1.17. The highest BCUT2D eigenvalue weighted by Crippen LogP contribution is 2.18. The lowest BCUT2D eigenvalue weighted by Crippen LogP contribution is -2.30. The lowest BCUT2D eigenvalue weighted by molar-refractivity contribution is 0.295. The van der Waals surface area contributed by atoms with Crippen LogP contribution in [0.3, 0.4) is 0 Å². The van der Waals surface area contributed by atoms with Gasteiger partial charge in [-0.2, -0.15) is 4.98 Å². The number of sulfone groups is 1. The van der Waals surface area contributed by atoms with Crippen molar-refractivity contribution >= 4 is 9.84 Å². The molecule has 1 aromatic rings. The van der Waals surface area contributed by atoms with Gasteiger partial charge in [0.1, 0.15) is 5.82 Å². The molecule has 0 atom stereocenters. The second-order valence-corrected chi connectivity index (χ2v) is 10.8. The Morgan fingerprint density at radius 1 is 1.00 bits per heavy atom. The van der Waals surface area contributed by atoms with Gasteiger partial charge < -0.3 is 4.74 Å². The maximum atomic E-state index is 12.1. The first-order valence-corrected chi connectivity index (χ1v) is 11.5. The molecule has 0 fully saturated rings. The van der Waals surface area contributed by atoms with Gasteiger partial charge in [-0.3, -0.25) is 0 Å². The predicted octanol–water partition coefficient (Wildman–Crippen LogP) is 4.67. The average molecular weight is 385 g/mol. The fourth-order valence-corrected chi connectivity index (χ4v) is 3.71. The van der Waals surface area contributed by atoms with Crippen LogP contribution in [-0.4, -0.2) is 35.5 Å². The number of hydrogen-bond donors (Lipinski definition) is 0. The minimum atomic E-state index is -2.99. The summed E-state index contributed by atoms with van der Waals surface area (Å²) in [6, 6.07) is 1.88. The standard InChI is InChI=1S/C20H36N2O3S/c1-6-7-14-25-19-16-17(2)21-18(22-19)13-11-9-8-10-12-15-26(23,24)20(3,4)5/h16H,6-15H2,1-5H3. The van der Waals surface area contributed by atoms with Gasteiger partial charge in [-0.25, -0.2) is 13.4 Å². The van der Waals surface area contributed by atoms with E-state index in [0.717, 1.165) is 62.9 Å². The van der Waals surface area contributed by atoms with Crippen molar-refractivity contribution in [3.63, 3.8) is 0 Å². The molecule has 6 heteroatoms. The molecule has 0 radical (unpaired) electrons. The van der Waals surface area contributed by atoms with E-state index in [1.807, 2.05) is 13.0 Å². The SMILES string of the molecule is CCCCOc1cc(C)nc(CCCCCCCS(=O)(=O)C(C)(C)C)n1. The summed E-state index contributed by atoms with van der Waals surface area (Å²) in [5, 5.41) is 0. The van der Waals surface area contributed by atoms with Crippen LogP contribution in [0.5, 0.6) is 5.88 Å². The van der Waals surface area contributed by atoms with E-state index in [1.165, 1.54) is 0 Å². The molecule has 150 valence electrons. The third kappa shape index (κ3) is 8.47. The zero-order valence-corrected chi connectivity index (χ0v) is 18.0. The van der Waals surface area contributed by atoms with Crippen molar-refractivity contribution in [2.45, 2.75) is 90.7 Å². The average Bonchev–Trinajstić information content (AvgIpc) is 2.52. The zero-order chi connectivity index (χ0) is 19.6. The summed E-state index contributed by atoms with van der Waals surface area (Å²) in [5.41, 5.74) is 0.939. The molecule has 0 aliphatic rings. The van der Waals surface area contributed by atoms with Crippen LogP contribution in [0.25, 0.3) is 0 Å². The first kappa shape index (κ1) is 22.9. The van der Waals surface area contributed by atoms with E-state index in [0.29, 0.717) is 12.5 Å². The third-order valence-electron chi connectivity index (χ3n) is 4.37. The van der Waals surface area contributed by atoms with E-state index >= 15 is 0 Å². The van der Waals surface area contributed by atoms with E-state index in [-0.39, 0.29) is 5.75 Å². The molecule has 0 unspecified atom stereocenters. The number of ether oxygens (including phenoxy) is 1. The van der Waals surface area contributed by atoms with Crippen molar-refractivity contribution in [2.24, 2.45) is 0 Å². The highest BCUT2D eigenvalue weighted by atomic mass is 32.2. The van der Waals surface area contributed by atoms with Crippen molar-refractivity contribution in [1.29, 1.82) is 0 Å². The van der Waals surface area contributed by atoms with E-state index in [4.69, 9.17) is 4.74 Å². The predicted molar refractivity (Wildman–Crippen MR) is 108 cm³/mol. The van der Waals surface area contributed by atoms with Crippen LogP contribution in [-0.2, 0) is 16.3 Å². The molecular weight excluding hydrogens is 348 g/mol. The quantitative estimate of drug-likeness (QED) is 0.490. The van der Waals surface area contributed by atoms with Gasteiger partial charge in [0.25, 0.3) is 0 Å².